The van der Waals surface area contributed by atoms with Gasteiger partial charge in [0.25, 0.3) is 5.82 Å². The summed E-state index contributed by atoms with van der Waals surface area (Å²) in [6.45, 7) is 1.99. The summed E-state index contributed by atoms with van der Waals surface area (Å²) in [5.41, 5.74) is 0. The normalized spacial score (nSPS) is 10.3. The molecule has 0 aromatic carbocycles. The van der Waals surface area contributed by atoms with Gasteiger partial charge in [0.05, 0.1) is 19.4 Å². The number of hydrogen-bond acceptors (Lipinski definition) is 1. The highest BCUT2D eigenvalue weighted by atomic mass is 15.2. The van der Waals surface area contributed by atoms with Crippen molar-refractivity contribution in [2.75, 3.05) is 0 Å². The quantitative estimate of drug-likeness (QED) is 0.591. The first-order valence-electron chi connectivity index (χ1n) is 4.24. The van der Waals surface area contributed by atoms with E-state index in [0.29, 0.717) is 0 Å². The van der Waals surface area contributed by atoms with E-state index in [1.54, 1.807) is 0 Å². The fraction of sp³-hybridized carbons (Fsp3) is 0.200. The van der Waals surface area contributed by atoms with Crippen LogP contribution in [0.2, 0.25) is 0 Å². The molecule has 2 heterocycles. The summed E-state index contributed by atoms with van der Waals surface area (Å²) < 4.78 is 4.12. The molecule has 3 heteroatoms. The summed E-state index contributed by atoms with van der Waals surface area (Å²) in [4.78, 5) is 4.18. The second-order valence-corrected chi connectivity index (χ2v) is 3.01. The van der Waals surface area contributed by atoms with Crippen LogP contribution in [-0.4, -0.2) is 9.55 Å². The third-order valence-corrected chi connectivity index (χ3v) is 2.10. The van der Waals surface area contributed by atoms with Crippen LogP contribution in [0.4, 0.5) is 0 Å². The molecular weight excluding hydrogens is 162 g/mol. The predicted octanol–water partition coefficient (Wildman–Crippen LogP) is 1.01. The van der Waals surface area contributed by atoms with E-state index in [4.69, 9.17) is 0 Å². The van der Waals surface area contributed by atoms with Crippen LogP contribution in [0, 0.1) is 6.92 Å². The first kappa shape index (κ1) is 7.98. The van der Waals surface area contributed by atoms with Crippen LogP contribution in [0.15, 0.2) is 36.8 Å². The Kier molecular flexibility index (Phi) is 1.85. The van der Waals surface area contributed by atoms with E-state index in [9.17, 15) is 0 Å². The molecule has 2 aromatic rings. The van der Waals surface area contributed by atoms with Gasteiger partial charge in [0, 0.05) is 13.0 Å². The van der Waals surface area contributed by atoms with Crippen molar-refractivity contribution in [2.24, 2.45) is 7.05 Å². The topological polar surface area (TPSA) is 21.7 Å². The monoisotopic (exact) mass is 174 g/mol. The van der Waals surface area contributed by atoms with Gasteiger partial charge in [-0.1, -0.05) is 6.07 Å². The number of aryl methyl sites for hydroxylation is 2. The number of rotatable bonds is 1. The SMILES string of the molecule is Cc1nccn1-c1cccc[n+]1C. The molecule has 2 aromatic heterocycles. The van der Waals surface area contributed by atoms with E-state index in [1.165, 1.54) is 0 Å². The molecule has 0 saturated heterocycles. The van der Waals surface area contributed by atoms with Gasteiger partial charge in [-0.15, -0.1) is 0 Å². The van der Waals surface area contributed by atoms with E-state index in [-0.39, 0.29) is 0 Å². The summed E-state index contributed by atoms with van der Waals surface area (Å²) in [6, 6.07) is 6.10. The first-order valence-corrected chi connectivity index (χ1v) is 4.24. The highest BCUT2D eigenvalue weighted by Crippen LogP contribution is 2.03. The molecule has 0 radical (unpaired) electrons. The number of pyridine rings is 1. The number of imidazole rings is 1. The summed E-state index contributed by atoms with van der Waals surface area (Å²) in [6.07, 6.45) is 5.79. The lowest BCUT2D eigenvalue weighted by molar-refractivity contribution is -0.665. The maximum absolute atomic E-state index is 4.18. The van der Waals surface area contributed by atoms with E-state index >= 15 is 0 Å². The minimum absolute atomic E-state index is 1.00. The molecule has 0 aliphatic carbocycles. The molecule has 13 heavy (non-hydrogen) atoms. The Morgan fingerprint density at radius 1 is 1.38 bits per heavy atom. The van der Waals surface area contributed by atoms with Crippen LogP contribution in [-0.2, 0) is 7.05 Å². The van der Waals surface area contributed by atoms with Gasteiger partial charge in [0.1, 0.15) is 6.20 Å². The minimum atomic E-state index is 1.00. The fourth-order valence-electron chi connectivity index (χ4n) is 1.38. The van der Waals surface area contributed by atoms with E-state index < -0.39 is 0 Å². The molecule has 0 fully saturated rings. The largest absolute Gasteiger partial charge is 0.287 e. The van der Waals surface area contributed by atoms with Crippen LogP contribution >= 0.6 is 0 Å². The van der Waals surface area contributed by atoms with Gasteiger partial charge in [-0.3, -0.25) is 0 Å². The second-order valence-electron chi connectivity index (χ2n) is 3.01. The Morgan fingerprint density at radius 3 is 2.85 bits per heavy atom. The molecule has 0 aliphatic heterocycles. The Bertz CT molecular complexity index is 418. The molecule has 0 N–H and O–H groups in total. The molecule has 0 saturated carbocycles. The zero-order chi connectivity index (χ0) is 9.26. The molecule has 0 amide bonds. The Morgan fingerprint density at radius 2 is 2.23 bits per heavy atom. The Labute approximate surface area is 77.3 Å². The van der Waals surface area contributed by atoms with Crippen molar-refractivity contribution in [3.63, 3.8) is 0 Å². The summed E-state index contributed by atoms with van der Waals surface area (Å²) in [5, 5.41) is 0. The average molecular weight is 174 g/mol. The third-order valence-electron chi connectivity index (χ3n) is 2.10. The lowest BCUT2D eigenvalue weighted by Crippen LogP contribution is -2.33. The van der Waals surface area contributed by atoms with Gasteiger partial charge < -0.3 is 0 Å². The van der Waals surface area contributed by atoms with Gasteiger partial charge in [-0.25, -0.2) is 9.55 Å². The van der Waals surface area contributed by atoms with Crippen molar-refractivity contribution < 1.29 is 4.57 Å². The maximum Gasteiger partial charge on any atom is 0.287 e. The lowest BCUT2D eigenvalue weighted by Gasteiger charge is -1.99. The molecule has 0 unspecified atom stereocenters. The zero-order valence-corrected chi connectivity index (χ0v) is 7.81. The van der Waals surface area contributed by atoms with E-state index in [1.807, 2.05) is 44.7 Å². The third kappa shape index (κ3) is 1.33. The predicted molar refractivity (Wildman–Crippen MR) is 49.5 cm³/mol. The molecule has 0 atom stereocenters. The number of nitrogens with zero attached hydrogens (tertiary/aromatic N) is 3. The van der Waals surface area contributed by atoms with Crippen molar-refractivity contribution in [1.82, 2.24) is 9.55 Å². The van der Waals surface area contributed by atoms with Gasteiger partial charge in [0.2, 0.25) is 0 Å². The standard InChI is InChI=1S/C10H12N3/c1-9-11-6-8-13(9)10-5-3-4-7-12(10)2/h3-8H,1-2H3/q+1. The Balaban J connectivity index is 2.59. The molecular formula is C10H12N3+. The zero-order valence-electron chi connectivity index (χ0n) is 7.81. The van der Waals surface area contributed by atoms with Crippen LogP contribution in [0.5, 0.6) is 0 Å². The molecule has 0 aliphatic rings. The van der Waals surface area contributed by atoms with Crippen molar-refractivity contribution in [1.29, 1.82) is 0 Å². The van der Waals surface area contributed by atoms with Crippen LogP contribution in [0.25, 0.3) is 5.82 Å². The maximum atomic E-state index is 4.18. The average Bonchev–Trinajstić information content (AvgIpc) is 2.52. The summed E-state index contributed by atoms with van der Waals surface area (Å²) in [7, 11) is 2.02. The van der Waals surface area contributed by atoms with Crippen LogP contribution < -0.4 is 4.57 Å². The summed E-state index contributed by atoms with van der Waals surface area (Å²) in [5.74, 6) is 2.12. The van der Waals surface area contributed by atoms with Crippen molar-refractivity contribution >= 4 is 0 Å². The van der Waals surface area contributed by atoms with Crippen LogP contribution in [0.1, 0.15) is 5.82 Å². The minimum Gasteiger partial charge on any atom is -0.237 e. The highest BCUT2D eigenvalue weighted by Gasteiger charge is 2.10. The molecule has 0 bridgehead atoms. The Hall–Kier alpha value is -1.64. The molecule has 2 rings (SSSR count). The van der Waals surface area contributed by atoms with Gasteiger partial charge >= 0.3 is 0 Å². The molecule has 0 spiro atoms. The number of hydrogen-bond donors (Lipinski definition) is 0. The smallest absolute Gasteiger partial charge is 0.237 e. The number of aromatic nitrogens is 3. The van der Waals surface area contributed by atoms with Crippen molar-refractivity contribution in [2.45, 2.75) is 6.92 Å². The van der Waals surface area contributed by atoms with Crippen molar-refractivity contribution in [3.05, 3.63) is 42.6 Å². The van der Waals surface area contributed by atoms with E-state index in [0.717, 1.165) is 11.6 Å². The molecule has 66 valence electrons. The van der Waals surface area contributed by atoms with Crippen molar-refractivity contribution in [3.8, 4) is 5.82 Å². The van der Waals surface area contributed by atoms with Crippen LogP contribution in [0.3, 0.4) is 0 Å². The van der Waals surface area contributed by atoms with Gasteiger partial charge in [0.15, 0.2) is 5.82 Å². The second kappa shape index (κ2) is 3.01. The fourth-order valence-corrected chi connectivity index (χ4v) is 1.38. The van der Waals surface area contributed by atoms with E-state index in [2.05, 4.69) is 20.2 Å². The summed E-state index contributed by atoms with van der Waals surface area (Å²) >= 11 is 0. The first-order chi connectivity index (χ1) is 6.29. The van der Waals surface area contributed by atoms with Gasteiger partial charge in [-0.2, -0.15) is 4.57 Å². The molecule has 3 nitrogen and oxygen atoms in total. The lowest BCUT2D eigenvalue weighted by atomic mass is 10.4. The van der Waals surface area contributed by atoms with Gasteiger partial charge in [-0.05, 0) is 6.07 Å². The highest BCUT2D eigenvalue weighted by molar-refractivity contribution is 5.18.